The number of aromatic amines is 1. The maximum Gasteiger partial charge on any atom is 0.137 e. The fraction of sp³-hybridized carbons (Fsp3) is 0.0714. The second-order valence-electron chi connectivity index (χ2n) is 3.94. The molecule has 2 aromatic heterocycles. The van der Waals surface area contributed by atoms with E-state index in [1.54, 1.807) is 0 Å². The molecule has 0 atom stereocenters. The van der Waals surface area contributed by atoms with Crippen LogP contribution in [0, 0.1) is 6.92 Å². The number of hydrogen-bond donors (Lipinski definition) is 1. The van der Waals surface area contributed by atoms with Gasteiger partial charge in [-0.1, -0.05) is 30.3 Å². The van der Waals surface area contributed by atoms with E-state index < -0.39 is 0 Å². The number of H-pyrrole nitrogens is 1. The summed E-state index contributed by atoms with van der Waals surface area (Å²) in [6.07, 6.45) is 1.84. The van der Waals surface area contributed by atoms with Crippen LogP contribution in [0.3, 0.4) is 0 Å². The van der Waals surface area contributed by atoms with Gasteiger partial charge in [0, 0.05) is 17.3 Å². The molecular weight excluding hydrogens is 196 g/mol. The van der Waals surface area contributed by atoms with Crippen molar-refractivity contribution in [3.8, 4) is 11.3 Å². The average molecular weight is 208 g/mol. The van der Waals surface area contributed by atoms with Gasteiger partial charge in [0.25, 0.3) is 0 Å². The molecule has 1 aromatic carbocycles. The van der Waals surface area contributed by atoms with Gasteiger partial charge in [0.1, 0.15) is 5.65 Å². The lowest BCUT2D eigenvalue weighted by molar-refractivity contribution is 1.31. The molecule has 78 valence electrons. The highest BCUT2D eigenvalue weighted by Gasteiger charge is 2.04. The van der Waals surface area contributed by atoms with Gasteiger partial charge < -0.3 is 4.98 Å². The molecule has 2 nitrogen and oxygen atoms in total. The Morgan fingerprint density at radius 1 is 1.06 bits per heavy atom. The summed E-state index contributed by atoms with van der Waals surface area (Å²) in [5, 5.41) is 1.20. The number of benzene rings is 1. The van der Waals surface area contributed by atoms with Gasteiger partial charge in [0.2, 0.25) is 0 Å². The molecule has 3 aromatic rings. The summed E-state index contributed by atoms with van der Waals surface area (Å²) in [6.45, 7) is 2.10. The zero-order chi connectivity index (χ0) is 11.0. The molecule has 0 saturated carbocycles. The summed E-state index contributed by atoms with van der Waals surface area (Å²) in [5.74, 6) is 0. The Morgan fingerprint density at radius 3 is 2.62 bits per heavy atom. The van der Waals surface area contributed by atoms with Crippen molar-refractivity contribution in [2.24, 2.45) is 0 Å². The topological polar surface area (TPSA) is 28.7 Å². The van der Waals surface area contributed by atoms with E-state index in [2.05, 4.69) is 35.1 Å². The highest BCUT2D eigenvalue weighted by molar-refractivity contribution is 5.85. The monoisotopic (exact) mass is 208 g/mol. The molecule has 0 spiro atoms. The molecule has 16 heavy (non-hydrogen) atoms. The number of rotatable bonds is 1. The van der Waals surface area contributed by atoms with E-state index in [0.29, 0.717) is 0 Å². The fourth-order valence-electron chi connectivity index (χ4n) is 1.93. The first-order valence-electron chi connectivity index (χ1n) is 5.34. The van der Waals surface area contributed by atoms with E-state index >= 15 is 0 Å². The van der Waals surface area contributed by atoms with Gasteiger partial charge in [-0.3, -0.25) is 0 Å². The highest BCUT2D eigenvalue weighted by atomic mass is 14.9. The lowest BCUT2D eigenvalue weighted by atomic mass is 10.1. The van der Waals surface area contributed by atoms with E-state index in [9.17, 15) is 0 Å². The van der Waals surface area contributed by atoms with Gasteiger partial charge in [-0.2, -0.15) is 0 Å². The maximum atomic E-state index is 4.33. The van der Waals surface area contributed by atoms with Crippen LogP contribution in [0.4, 0.5) is 0 Å². The van der Waals surface area contributed by atoms with Crippen molar-refractivity contribution in [1.82, 2.24) is 9.97 Å². The lowest BCUT2D eigenvalue weighted by Gasteiger charge is -1.94. The van der Waals surface area contributed by atoms with Crippen molar-refractivity contribution in [3.05, 3.63) is 54.2 Å². The summed E-state index contributed by atoms with van der Waals surface area (Å²) in [4.78, 5) is 7.67. The second-order valence-corrected chi connectivity index (χ2v) is 3.94. The molecule has 0 aliphatic rings. The molecule has 0 amide bonds. The summed E-state index contributed by atoms with van der Waals surface area (Å²) < 4.78 is 0. The van der Waals surface area contributed by atoms with Gasteiger partial charge in [0.05, 0.1) is 0 Å². The number of pyridine rings is 1. The number of aromatic nitrogens is 2. The summed E-state index contributed by atoms with van der Waals surface area (Å²) in [5.41, 5.74) is 4.53. The largest absolute Gasteiger partial charge is 0.339 e. The second kappa shape index (κ2) is 3.49. The van der Waals surface area contributed by atoms with Crippen LogP contribution >= 0.6 is 0 Å². The number of nitrogens with zero attached hydrogens (tertiary/aromatic N) is 1. The zero-order valence-electron chi connectivity index (χ0n) is 9.07. The Labute approximate surface area is 94.0 Å². The van der Waals surface area contributed by atoms with Crippen molar-refractivity contribution in [1.29, 1.82) is 0 Å². The minimum Gasteiger partial charge on any atom is -0.339 e. The van der Waals surface area contributed by atoms with Crippen LogP contribution in [-0.2, 0) is 0 Å². The third-order valence-corrected chi connectivity index (χ3v) is 2.83. The van der Waals surface area contributed by atoms with Gasteiger partial charge in [-0.05, 0) is 30.2 Å². The molecule has 0 saturated heterocycles. The number of fused-ring (bicyclic) bond motifs is 1. The Balaban J connectivity index is 2.23. The predicted octanol–water partition coefficient (Wildman–Crippen LogP) is 3.54. The lowest BCUT2D eigenvalue weighted by Crippen LogP contribution is -1.78. The van der Waals surface area contributed by atoms with Gasteiger partial charge in [-0.25, -0.2) is 4.98 Å². The summed E-state index contributed by atoms with van der Waals surface area (Å²) >= 11 is 0. The molecule has 0 fully saturated rings. The van der Waals surface area contributed by atoms with Crippen LogP contribution < -0.4 is 0 Å². The Hall–Kier alpha value is -2.09. The van der Waals surface area contributed by atoms with Crippen molar-refractivity contribution >= 4 is 11.0 Å². The minimum atomic E-state index is 0.957. The molecule has 3 rings (SSSR count). The molecule has 2 heteroatoms. The Bertz CT molecular complexity index is 624. The Morgan fingerprint density at radius 2 is 1.88 bits per heavy atom. The van der Waals surface area contributed by atoms with Crippen LogP contribution in [0.5, 0.6) is 0 Å². The maximum absolute atomic E-state index is 4.33. The quantitative estimate of drug-likeness (QED) is 0.651. The van der Waals surface area contributed by atoms with E-state index in [4.69, 9.17) is 0 Å². The molecule has 0 bridgehead atoms. The first kappa shape index (κ1) is 9.16. The zero-order valence-corrected chi connectivity index (χ0v) is 9.07. The van der Waals surface area contributed by atoms with Crippen LogP contribution in [0.1, 0.15) is 5.56 Å². The van der Waals surface area contributed by atoms with Gasteiger partial charge >= 0.3 is 0 Å². The molecular formula is C14H12N2. The van der Waals surface area contributed by atoms with E-state index in [1.165, 1.54) is 16.5 Å². The SMILES string of the molecule is Cc1ccnc2[nH]c(-c3ccccc3)cc12. The number of hydrogen-bond acceptors (Lipinski definition) is 1. The average Bonchev–Trinajstić information content (AvgIpc) is 2.76. The van der Waals surface area contributed by atoms with Gasteiger partial charge in [-0.15, -0.1) is 0 Å². The predicted molar refractivity (Wildman–Crippen MR) is 66.3 cm³/mol. The Kier molecular flexibility index (Phi) is 2.00. The summed E-state index contributed by atoms with van der Waals surface area (Å²) in [6, 6.07) is 14.5. The molecule has 0 radical (unpaired) electrons. The summed E-state index contributed by atoms with van der Waals surface area (Å²) in [7, 11) is 0. The van der Waals surface area contributed by atoms with Crippen LogP contribution in [0.15, 0.2) is 48.7 Å². The smallest absolute Gasteiger partial charge is 0.137 e. The first-order chi connectivity index (χ1) is 7.84. The molecule has 0 aliphatic heterocycles. The van der Waals surface area contributed by atoms with Crippen LogP contribution in [-0.4, -0.2) is 9.97 Å². The van der Waals surface area contributed by atoms with Crippen molar-refractivity contribution in [2.45, 2.75) is 6.92 Å². The van der Waals surface area contributed by atoms with E-state index in [-0.39, 0.29) is 0 Å². The minimum absolute atomic E-state index is 0.957. The number of nitrogens with one attached hydrogen (secondary N) is 1. The fourth-order valence-corrected chi connectivity index (χ4v) is 1.93. The van der Waals surface area contributed by atoms with Crippen LogP contribution in [0.25, 0.3) is 22.3 Å². The van der Waals surface area contributed by atoms with Crippen molar-refractivity contribution < 1.29 is 0 Å². The first-order valence-corrected chi connectivity index (χ1v) is 5.34. The standard InChI is InChI=1S/C14H12N2/c1-10-7-8-15-14-12(10)9-13(16-14)11-5-3-2-4-6-11/h2-9H,1H3,(H,15,16). The number of aryl methyl sites for hydroxylation is 1. The molecule has 2 heterocycles. The highest BCUT2D eigenvalue weighted by Crippen LogP contribution is 2.24. The van der Waals surface area contributed by atoms with Crippen LogP contribution in [0.2, 0.25) is 0 Å². The molecule has 0 aliphatic carbocycles. The third kappa shape index (κ3) is 1.39. The molecule has 1 N–H and O–H groups in total. The van der Waals surface area contributed by atoms with Crippen molar-refractivity contribution in [2.75, 3.05) is 0 Å². The third-order valence-electron chi connectivity index (χ3n) is 2.83. The van der Waals surface area contributed by atoms with E-state index in [0.717, 1.165) is 11.3 Å². The van der Waals surface area contributed by atoms with Gasteiger partial charge in [0.15, 0.2) is 0 Å². The molecule has 0 unspecified atom stereocenters. The van der Waals surface area contributed by atoms with E-state index in [1.807, 2.05) is 30.5 Å². The normalized spacial score (nSPS) is 10.8. The van der Waals surface area contributed by atoms with Crippen molar-refractivity contribution in [3.63, 3.8) is 0 Å².